The van der Waals surface area contributed by atoms with Gasteiger partial charge in [0.1, 0.15) is 0 Å². The number of benzene rings is 1. The summed E-state index contributed by atoms with van der Waals surface area (Å²) in [4.78, 5) is 2.44. The highest BCUT2D eigenvalue weighted by Gasteiger charge is 2.29. The molecule has 1 unspecified atom stereocenters. The van der Waals surface area contributed by atoms with Crippen LogP contribution in [-0.2, 0) is 34.9 Å². The van der Waals surface area contributed by atoms with Crippen LogP contribution in [0.25, 0.3) is 0 Å². The van der Waals surface area contributed by atoms with Crippen molar-refractivity contribution >= 4 is 22.1 Å². The normalized spacial score (nSPS) is 19.4. The summed E-state index contributed by atoms with van der Waals surface area (Å²) in [6, 6.07) is 8.67. The van der Waals surface area contributed by atoms with Crippen LogP contribution >= 0.6 is 12.2 Å². The highest BCUT2D eigenvalue weighted by Crippen LogP contribution is 2.23. The fourth-order valence-electron chi connectivity index (χ4n) is 3.50. The van der Waals surface area contributed by atoms with Gasteiger partial charge in [-0.3, -0.25) is 4.90 Å². The first-order valence-electron chi connectivity index (χ1n) is 9.57. The molecule has 28 heavy (non-hydrogen) atoms. The first-order valence-corrected chi connectivity index (χ1v) is 11.8. The summed E-state index contributed by atoms with van der Waals surface area (Å²) >= 11 is 5.29. The maximum absolute atomic E-state index is 11.6. The number of aromatic nitrogens is 2. The van der Waals surface area contributed by atoms with E-state index in [0.717, 1.165) is 6.54 Å². The Morgan fingerprint density at radius 1 is 1.29 bits per heavy atom. The van der Waals surface area contributed by atoms with Crippen molar-refractivity contribution in [1.82, 2.24) is 14.7 Å². The molecule has 154 valence electrons. The molecule has 1 aromatic carbocycles. The fourth-order valence-corrected chi connectivity index (χ4v) is 5.56. The predicted molar refractivity (Wildman–Crippen MR) is 112 cm³/mol. The minimum Gasteiger partial charge on any atom is -0.414 e. The molecule has 1 saturated heterocycles. The Morgan fingerprint density at radius 3 is 2.54 bits per heavy atom. The molecule has 6 nitrogen and oxygen atoms in total. The van der Waals surface area contributed by atoms with Crippen molar-refractivity contribution in [3.63, 3.8) is 0 Å². The van der Waals surface area contributed by atoms with Crippen LogP contribution in [0.4, 0.5) is 0 Å². The fraction of sp³-hybridized carbons (Fsp3) is 0.600. The van der Waals surface area contributed by atoms with Crippen LogP contribution in [0.3, 0.4) is 0 Å². The smallest absolute Gasteiger partial charge is 0.288 e. The zero-order chi connectivity index (χ0) is 20.5. The molecule has 0 saturated carbocycles. The molecule has 1 aliphatic rings. The number of rotatable bonds is 6. The van der Waals surface area contributed by atoms with E-state index in [2.05, 4.69) is 55.0 Å². The number of hydrogen-bond acceptors (Lipinski definition) is 6. The molecule has 1 aliphatic heterocycles. The molecule has 2 aromatic rings. The van der Waals surface area contributed by atoms with Gasteiger partial charge in [0.05, 0.1) is 18.2 Å². The third-order valence-corrected chi connectivity index (χ3v) is 7.22. The van der Waals surface area contributed by atoms with E-state index < -0.39 is 9.84 Å². The van der Waals surface area contributed by atoms with Gasteiger partial charge in [-0.1, -0.05) is 45.0 Å². The zero-order valence-electron chi connectivity index (χ0n) is 17.0. The molecule has 0 bridgehead atoms. The Labute approximate surface area is 172 Å². The van der Waals surface area contributed by atoms with E-state index in [-0.39, 0.29) is 22.8 Å². The van der Waals surface area contributed by atoms with Gasteiger partial charge in [-0.05, 0) is 48.1 Å². The zero-order valence-corrected chi connectivity index (χ0v) is 18.6. The van der Waals surface area contributed by atoms with Crippen LogP contribution < -0.4 is 0 Å². The maximum Gasteiger partial charge on any atom is 0.288 e. The van der Waals surface area contributed by atoms with E-state index in [1.54, 1.807) is 4.68 Å². The van der Waals surface area contributed by atoms with Gasteiger partial charge in [-0.2, -0.15) is 0 Å². The molecule has 1 fully saturated rings. The van der Waals surface area contributed by atoms with Gasteiger partial charge in [0.25, 0.3) is 4.84 Å². The van der Waals surface area contributed by atoms with Crippen LogP contribution in [0.5, 0.6) is 0 Å². The quantitative estimate of drug-likeness (QED) is 0.662. The Morgan fingerprint density at radius 2 is 1.96 bits per heavy atom. The van der Waals surface area contributed by atoms with Crippen molar-refractivity contribution in [3.05, 3.63) is 46.1 Å². The van der Waals surface area contributed by atoms with Gasteiger partial charge in [0, 0.05) is 13.0 Å². The predicted octanol–water partition coefficient (Wildman–Crippen LogP) is 3.57. The van der Waals surface area contributed by atoms with E-state index in [0.29, 0.717) is 30.2 Å². The largest absolute Gasteiger partial charge is 0.414 e. The van der Waals surface area contributed by atoms with E-state index in [9.17, 15) is 8.42 Å². The van der Waals surface area contributed by atoms with Crippen LogP contribution in [-0.4, -0.2) is 41.7 Å². The van der Waals surface area contributed by atoms with E-state index in [1.807, 2.05) is 7.05 Å². The molecule has 0 aliphatic carbocycles. The third kappa shape index (κ3) is 5.52. The monoisotopic (exact) mass is 423 g/mol. The van der Waals surface area contributed by atoms with Gasteiger partial charge < -0.3 is 4.42 Å². The molecule has 1 aromatic heterocycles. The lowest BCUT2D eigenvalue weighted by molar-refractivity contribution is 0.240. The summed E-state index contributed by atoms with van der Waals surface area (Å²) in [5.41, 5.74) is 2.69. The van der Waals surface area contributed by atoms with Crippen LogP contribution in [0.1, 0.15) is 44.2 Å². The van der Waals surface area contributed by atoms with E-state index in [1.165, 1.54) is 11.1 Å². The van der Waals surface area contributed by atoms with Crippen molar-refractivity contribution in [3.8, 4) is 0 Å². The topological polar surface area (TPSA) is 68.3 Å². The van der Waals surface area contributed by atoms with Crippen LogP contribution in [0.2, 0.25) is 0 Å². The Balaban J connectivity index is 1.59. The highest BCUT2D eigenvalue weighted by molar-refractivity contribution is 7.91. The summed E-state index contributed by atoms with van der Waals surface area (Å²) < 4.78 is 30.5. The minimum absolute atomic E-state index is 0.0746. The molecular formula is C20H29N3O3S2. The molecule has 1 atom stereocenters. The molecule has 0 radical (unpaired) electrons. The summed E-state index contributed by atoms with van der Waals surface area (Å²) in [5.74, 6) is 1.07. The summed E-state index contributed by atoms with van der Waals surface area (Å²) in [6.45, 7) is 7.92. The lowest BCUT2D eigenvalue weighted by Crippen LogP contribution is -2.22. The molecule has 0 spiro atoms. The lowest BCUT2D eigenvalue weighted by atomic mass is 9.87. The Bertz CT molecular complexity index is 969. The van der Waals surface area contributed by atoms with Gasteiger partial charge in [-0.25, -0.2) is 13.1 Å². The van der Waals surface area contributed by atoms with E-state index >= 15 is 0 Å². The van der Waals surface area contributed by atoms with Gasteiger partial charge >= 0.3 is 0 Å². The van der Waals surface area contributed by atoms with Gasteiger partial charge in [0.15, 0.2) is 9.84 Å². The SMILES string of the molecule is CN(Cc1ccc(C(C)(C)C)cc1)Cn1nc(CC2CCS(=O)(=O)C2)oc1=S. The van der Waals surface area contributed by atoms with Crippen LogP contribution in [0.15, 0.2) is 28.7 Å². The summed E-state index contributed by atoms with van der Waals surface area (Å²) in [6.07, 6.45) is 1.19. The van der Waals surface area contributed by atoms with Gasteiger partial charge in [-0.15, -0.1) is 5.10 Å². The second-order valence-electron chi connectivity index (χ2n) is 8.84. The van der Waals surface area contributed by atoms with Crippen molar-refractivity contribution < 1.29 is 12.8 Å². The molecule has 0 N–H and O–H groups in total. The molecule has 0 amide bonds. The number of hydrogen-bond donors (Lipinski definition) is 0. The first kappa shape index (κ1) is 21.2. The average molecular weight is 424 g/mol. The second kappa shape index (κ2) is 8.08. The standard InChI is InChI=1S/C20H29N3O3S2/c1-20(2,3)17-7-5-15(6-8-17)12-22(4)14-23-19(27)26-18(21-23)11-16-9-10-28(24,25)13-16/h5-8,16H,9-14H2,1-4H3. The first-order chi connectivity index (χ1) is 13.0. The van der Waals surface area contributed by atoms with Crippen molar-refractivity contribution in [2.24, 2.45) is 5.92 Å². The van der Waals surface area contributed by atoms with Crippen molar-refractivity contribution in [2.75, 3.05) is 18.6 Å². The van der Waals surface area contributed by atoms with Crippen LogP contribution in [0, 0.1) is 10.8 Å². The molecule has 8 heteroatoms. The maximum atomic E-state index is 11.6. The van der Waals surface area contributed by atoms with E-state index in [4.69, 9.17) is 16.6 Å². The van der Waals surface area contributed by atoms with Crippen molar-refractivity contribution in [1.29, 1.82) is 0 Å². The molecule has 2 heterocycles. The lowest BCUT2D eigenvalue weighted by Gasteiger charge is -2.20. The number of nitrogens with zero attached hydrogens (tertiary/aromatic N) is 3. The third-order valence-electron chi connectivity index (χ3n) is 5.09. The molecular weight excluding hydrogens is 394 g/mol. The minimum atomic E-state index is -2.90. The van der Waals surface area contributed by atoms with Crippen molar-refractivity contribution in [2.45, 2.75) is 52.2 Å². The highest BCUT2D eigenvalue weighted by atomic mass is 32.2. The number of sulfone groups is 1. The summed E-state index contributed by atoms with van der Waals surface area (Å²) in [7, 11) is -0.884. The second-order valence-corrected chi connectivity index (χ2v) is 11.4. The Kier molecular flexibility index (Phi) is 6.12. The molecule has 3 rings (SSSR count). The summed E-state index contributed by atoms with van der Waals surface area (Å²) in [5, 5.41) is 4.46. The average Bonchev–Trinajstić information content (AvgIpc) is 3.09. The van der Waals surface area contributed by atoms with Gasteiger partial charge in [0.2, 0.25) is 5.89 Å². The Hall–Kier alpha value is -1.51.